The number of nitrogens with zero attached hydrogens (tertiary/aromatic N) is 2. The van der Waals surface area contributed by atoms with Crippen molar-refractivity contribution in [3.8, 4) is 0 Å². The lowest BCUT2D eigenvalue weighted by Crippen LogP contribution is -2.16. The lowest BCUT2D eigenvalue weighted by Gasteiger charge is -2.06. The maximum Gasteiger partial charge on any atom is 0.343 e. The number of rotatable bonds is 8. The van der Waals surface area contributed by atoms with Crippen molar-refractivity contribution in [2.75, 3.05) is 24.7 Å². The average Bonchev–Trinajstić information content (AvgIpc) is 2.65. The zero-order chi connectivity index (χ0) is 18.9. The number of thioether (sulfide) groups is 1. The first-order valence-corrected chi connectivity index (χ1v) is 8.66. The third kappa shape index (κ3) is 5.55. The fourth-order valence-corrected chi connectivity index (χ4v) is 2.45. The third-order valence-corrected chi connectivity index (χ3v) is 3.91. The van der Waals surface area contributed by atoms with Gasteiger partial charge in [-0.3, -0.25) is 9.59 Å². The van der Waals surface area contributed by atoms with Crippen LogP contribution >= 0.6 is 11.8 Å². The summed E-state index contributed by atoms with van der Waals surface area (Å²) < 4.78 is 9.76. The second-order valence-electron chi connectivity index (χ2n) is 4.91. The Bertz CT molecular complexity index is 798. The summed E-state index contributed by atoms with van der Waals surface area (Å²) in [5.74, 6) is -1.62. The molecule has 0 aliphatic rings. The summed E-state index contributed by atoms with van der Waals surface area (Å²) in [5.41, 5.74) is 6.23. The van der Waals surface area contributed by atoms with Crippen molar-refractivity contribution >= 4 is 35.3 Å². The maximum atomic E-state index is 11.9. The number of aromatic nitrogens is 2. The second kappa shape index (κ2) is 9.52. The number of carbonyl (C=O) groups is 3. The molecule has 0 bridgehead atoms. The number of ether oxygens (including phenoxy) is 2. The van der Waals surface area contributed by atoms with Crippen LogP contribution in [0.4, 0.5) is 5.82 Å². The minimum absolute atomic E-state index is 0.0337. The van der Waals surface area contributed by atoms with Gasteiger partial charge in [-0.25, -0.2) is 14.8 Å². The van der Waals surface area contributed by atoms with E-state index in [0.29, 0.717) is 5.56 Å². The Morgan fingerprint density at radius 1 is 1.15 bits per heavy atom. The molecule has 1 aromatic heterocycles. The molecule has 2 aromatic rings. The Labute approximate surface area is 154 Å². The van der Waals surface area contributed by atoms with Crippen molar-refractivity contribution < 1.29 is 23.9 Å². The van der Waals surface area contributed by atoms with Crippen molar-refractivity contribution in [3.05, 3.63) is 47.7 Å². The van der Waals surface area contributed by atoms with Gasteiger partial charge in [0.15, 0.2) is 17.5 Å². The summed E-state index contributed by atoms with van der Waals surface area (Å²) >= 11 is 0.984. The van der Waals surface area contributed by atoms with Crippen LogP contribution in [-0.4, -0.2) is 46.7 Å². The van der Waals surface area contributed by atoms with E-state index in [1.165, 1.54) is 6.20 Å². The quantitative estimate of drug-likeness (QED) is 0.318. The summed E-state index contributed by atoms with van der Waals surface area (Å²) in [4.78, 5) is 43.1. The standard InChI is InChI=1S/C17H17N3O5S/c1-2-24-16(23)12-8-19-17(20-15(12)18)26-10-14(22)25-9-13(21)11-6-4-3-5-7-11/h3-8H,2,9-10H2,1H3,(H2,18,19,20). The molecule has 9 heteroatoms. The van der Waals surface area contributed by atoms with E-state index in [0.717, 1.165) is 11.8 Å². The Morgan fingerprint density at radius 3 is 2.54 bits per heavy atom. The Hall–Kier alpha value is -2.94. The van der Waals surface area contributed by atoms with Crippen molar-refractivity contribution in [1.29, 1.82) is 0 Å². The predicted molar refractivity (Wildman–Crippen MR) is 94.9 cm³/mol. The van der Waals surface area contributed by atoms with Gasteiger partial charge in [0.05, 0.1) is 12.4 Å². The fraction of sp³-hybridized carbons (Fsp3) is 0.235. The Balaban J connectivity index is 1.83. The molecule has 0 saturated carbocycles. The van der Waals surface area contributed by atoms with Crippen LogP contribution in [0.2, 0.25) is 0 Å². The minimum atomic E-state index is -0.611. The van der Waals surface area contributed by atoms with Crippen molar-refractivity contribution in [1.82, 2.24) is 9.97 Å². The molecule has 1 aromatic carbocycles. The largest absolute Gasteiger partial charge is 0.462 e. The molecule has 2 N–H and O–H groups in total. The van der Waals surface area contributed by atoms with Crippen LogP contribution in [0.3, 0.4) is 0 Å². The van der Waals surface area contributed by atoms with Crippen LogP contribution in [0.15, 0.2) is 41.7 Å². The highest BCUT2D eigenvalue weighted by molar-refractivity contribution is 7.99. The number of hydrogen-bond donors (Lipinski definition) is 1. The van der Waals surface area contributed by atoms with Crippen molar-refractivity contribution in [2.24, 2.45) is 0 Å². The summed E-state index contributed by atoms with van der Waals surface area (Å²) in [6.45, 7) is 1.55. The van der Waals surface area contributed by atoms with Gasteiger partial charge in [-0.05, 0) is 6.92 Å². The van der Waals surface area contributed by atoms with Crippen LogP contribution < -0.4 is 5.73 Å². The number of hydrogen-bond acceptors (Lipinski definition) is 9. The van der Waals surface area contributed by atoms with E-state index in [-0.39, 0.29) is 41.3 Å². The molecular formula is C17H17N3O5S. The topological polar surface area (TPSA) is 121 Å². The maximum absolute atomic E-state index is 11.9. The molecule has 0 aliphatic carbocycles. The highest BCUT2D eigenvalue weighted by Gasteiger charge is 2.15. The van der Waals surface area contributed by atoms with Gasteiger partial charge < -0.3 is 15.2 Å². The van der Waals surface area contributed by atoms with Gasteiger partial charge in [0.1, 0.15) is 11.4 Å². The van der Waals surface area contributed by atoms with E-state index < -0.39 is 11.9 Å². The predicted octanol–water partition coefficient (Wildman–Crippen LogP) is 1.75. The van der Waals surface area contributed by atoms with Gasteiger partial charge in [-0.2, -0.15) is 0 Å². The molecule has 26 heavy (non-hydrogen) atoms. The molecule has 0 fully saturated rings. The van der Waals surface area contributed by atoms with Crippen LogP contribution in [0.25, 0.3) is 0 Å². The SMILES string of the molecule is CCOC(=O)c1cnc(SCC(=O)OCC(=O)c2ccccc2)nc1N. The highest BCUT2D eigenvalue weighted by atomic mass is 32.2. The van der Waals surface area contributed by atoms with E-state index in [9.17, 15) is 14.4 Å². The second-order valence-corrected chi connectivity index (χ2v) is 5.85. The first kappa shape index (κ1) is 19.4. The number of Topliss-reactive ketones (excluding diaryl/α,β-unsaturated/α-hetero) is 1. The number of nitrogen functional groups attached to an aromatic ring is 1. The molecule has 0 amide bonds. The first-order valence-electron chi connectivity index (χ1n) is 7.67. The monoisotopic (exact) mass is 375 g/mol. The number of carbonyl (C=O) groups excluding carboxylic acids is 3. The number of esters is 2. The van der Waals surface area contributed by atoms with Gasteiger partial charge in [-0.1, -0.05) is 42.1 Å². The molecule has 2 rings (SSSR count). The van der Waals surface area contributed by atoms with Gasteiger partial charge in [0.25, 0.3) is 0 Å². The summed E-state index contributed by atoms with van der Waals surface area (Å²) in [7, 11) is 0. The van der Waals surface area contributed by atoms with Crippen molar-refractivity contribution in [3.63, 3.8) is 0 Å². The molecular weight excluding hydrogens is 358 g/mol. The number of nitrogens with two attached hydrogens (primary N) is 1. The molecule has 0 radical (unpaired) electrons. The Kier molecular flexibility index (Phi) is 7.10. The number of anilines is 1. The third-order valence-electron chi connectivity index (χ3n) is 3.07. The number of ketones is 1. The lowest BCUT2D eigenvalue weighted by atomic mass is 10.1. The van der Waals surface area contributed by atoms with Gasteiger partial charge in [0, 0.05) is 11.8 Å². The van der Waals surface area contributed by atoms with E-state index in [4.69, 9.17) is 15.2 Å². The summed E-state index contributed by atoms with van der Waals surface area (Å²) in [5, 5.41) is 0.210. The zero-order valence-electron chi connectivity index (χ0n) is 14.0. The zero-order valence-corrected chi connectivity index (χ0v) is 14.8. The highest BCUT2D eigenvalue weighted by Crippen LogP contribution is 2.17. The minimum Gasteiger partial charge on any atom is -0.462 e. The molecule has 0 spiro atoms. The van der Waals surface area contributed by atoms with Gasteiger partial charge >= 0.3 is 11.9 Å². The molecule has 8 nitrogen and oxygen atoms in total. The molecule has 0 atom stereocenters. The van der Waals surface area contributed by atoms with Crippen LogP contribution in [-0.2, 0) is 14.3 Å². The Morgan fingerprint density at radius 2 is 1.88 bits per heavy atom. The van der Waals surface area contributed by atoms with E-state index in [2.05, 4.69) is 9.97 Å². The molecule has 0 aliphatic heterocycles. The number of benzene rings is 1. The van der Waals surface area contributed by atoms with Gasteiger partial charge in [-0.15, -0.1) is 0 Å². The lowest BCUT2D eigenvalue weighted by molar-refractivity contribution is -0.139. The summed E-state index contributed by atoms with van der Waals surface area (Å²) in [6, 6.07) is 8.54. The molecule has 0 unspecified atom stereocenters. The van der Waals surface area contributed by atoms with Crippen molar-refractivity contribution in [2.45, 2.75) is 12.1 Å². The van der Waals surface area contributed by atoms with E-state index >= 15 is 0 Å². The van der Waals surface area contributed by atoms with Crippen LogP contribution in [0.5, 0.6) is 0 Å². The normalized spacial score (nSPS) is 10.2. The van der Waals surface area contributed by atoms with E-state index in [1.807, 2.05) is 0 Å². The van der Waals surface area contributed by atoms with E-state index in [1.54, 1.807) is 37.3 Å². The summed E-state index contributed by atoms with van der Waals surface area (Å²) in [6.07, 6.45) is 1.24. The molecule has 1 heterocycles. The molecule has 136 valence electrons. The van der Waals surface area contributed by atoms with Gasteiger partial charge in [0.2, 0.25) is 0 Å². The van der Waals surface area contributed by atoms with Crippen LogP contribution in [0.1, 0.15) is 27.6 Å². The average molecular weight is 375 g/mol. The molecule has 0 saturated heterocycles. The smallest absolute Gasteiger partial charge is 0.343 e. The first-order chi connectivity index (χ1) is 12.5. The fourth-order valence-electron chi connectivity index (χ4n) is 1.83. The van der Waals surface area contributed by atoms with Crippen LogP contribution in [0, 0.1) is 0 Å².